The molecule has 0 fully saturated rings. The molecule has 3 aromatic carbocycles. The quantitative estimate of drug-likeness (QED) is 0.300. The predicted molar refractivity (Wildman–Crippen MR) is 133 cm³/mol. The van der Waals surface area contributed by atoms with Crippen LogP contribution in [0.5, 0.6) is 5.75 Å². The van der Waals surface area contributed by atoms with Crippen LogP contribution in [0, 0.1) is 0 Å². The third kappa shape index (κ3) is 6.69. The summed E-state index contributed by atoms with van der Waals surface area (Å²) in [5, 5.41) is 5.69. The summed E-state index contributed by atoms with van der Waals surface area (Å²) in [6, 6.07) is 21.3. The van der Waals surface area contributed by atoms with Gasteiger partial charge < -0.3 is 15.4 Å². The van der Waals surface area contributed by atoms with E-state index >= 15 is 0 Å². The number of anilines is 2. The summed E-state index contributed by atoms with van der Waals surface area (Å²) >= 11 is 3.49. The molecule has 3 rings (SSSR count). The van der Waals surface area contributed by atoms with Crippen LogP contribution in [0.1, 0.15) is 53.3 Å². The topological polar surface area (TPSA) is 67.4 Å². The fourth-order valence-corrected chi connectivity index (χ4v) is 3.67. The average Bonchev–Trinajstić information content (AvgIpc) is 2.80. The minimum Gasteiger partial charge on any atom is -0.492 e. The Morgan fingerprint density at radius 2 is 1.59 bits per heavy atom. The minimum atomic E-state index is -0.305. The first-order valence-electron chi connectivity index (χ1n) is 10.8. The lowest BCUT2D eigenvalue weighted by molar-refractivity contribution is 0.102. The second-order valence-electron chi connectivity index (χ2n) is 7.37. The summed E-state index contributed by atoms with van der Waals surface area (Å²) in [6.45, 7) is 2.82. The standard InChI is InChI=1S/C26H27BrN2O3/c1-2-3-4-10-17-32-24-16-15-19(18-22(24)27)25(30)29-23-14-9-8-13-21(23)26(31)28-20-11-6-5-7-12-20/h5-9,11-16,18H,2-4,10,17H2,1H3,(H,28,31)(H,29,30). The molecule has 0 aromatic heterocycles. The summed E-state index contributed by atoms with van der Waals surface area (Å²) in [5.74, 6) is 0.112. The number of amides is 2. The molecule has 6 heteroatoms. The molecule has 0 saturated heterocycles. The Morgan fingerprint density at radius 3 is 2.34 bits per heavy atom. The first kappa shape index (κ1) is 23.5. The highest BCUT2D eigenvalue weighted by Gasteiger charge is 2.15. The van der Waals surface area contributed by atoms with E-state index in [0.29, 0.717) is 34.9 Å². The second kappa shape index (κ2) is 12.1. The van der Waals surface area contributed by atoms with Gasteiger partial charge in [0.2, 0.25) is 0 Å². The van der Waals surface area contributed by atoms with E-state index in [0.717, 1.165) is 17.3 Å². The fraction of sp³-hybridized carbons (Fsp3) is 0.231. The van der Waals surface area contributed by atoms with Gasteiger partial charge in [0.15, 0.2) is 0 Å². The van der Waals surface area contributed by atoms with Crippen LogP contribution < -0.4 is 15.4 Å². The summed E-state index contributed by atoms with van der Waals surface area (Å²) in [4.78, 5) is 25.6. The lowest BCUT2D eigenvalue weighted by Crippen LogP contribution is -2.18. The molecular weight excluding hydrogens is 468 g/mol. The van der Waals surface area contributed by atoms with Crippen molar-refractivity contribution in [3.63, 3.8) is 0 Å². The van der Waals surface area contributed by atoms with E-state index in [4.69, 9.17) is 4.74 Å². The first-order valence-corrected chi connectivity index (χ1v) is 11.6. The molecule has 0 bridgehead atoms. The van der Waals surface area contributed by atoms with Crippen LogP contribution in [-0.2, 0) is 0 Å². The normalized spacial score (nSPS) is 10.4. The Hall–Kier alpha value is -3.12. The van der Waals surface area contributed by atoms with Gasteiger partial charge in [-0.2, -0.15) is 0 Å². The van der Waals surface area contributed by atoms with Gasteiger partial charge in [-0.1, -0.05) is 56.5 Å². The molecule has 0 heterocycles. The van der Waals surface area contributed by atoms with Gasteiger partial charge in [-0.15, -0.1) is 0 Å². The molecule has 2 N–H and O–H groups in total. The maximum Gasteiger partial charge on any atom is 0.257 e. The van der Waals surface area contributed by atoms with Gasteiger partial charge in [0.05, 0.1) is 22.3 Å². The Morgan fingerprint density at radius 1 is 0.844 bits per heavy atom. The second-order valence-corrected chi connectivity index (χ2v) is 8.23. The summed E-state index contributed by atoms with van der Waals surface area (Å²) in [5.41, 5.74) is 1.98. The highest BCUT2D eigenvalue weighted by molar-refractivity contribution is 9.10. The van der Waals surface area contributed by atoms with Crippen molar-refractivity contribution in [2.45, 2.75) is 32.6 Å². The molecule has 166 valence electrons. The van der Waals surface area contributed by atoms with Gasteiger partial charge >= 0.3 is 0 Å². The van der Waals surface area contributed by atoms with Gasteiger partial charge in [-0.25, -0.2) is 0 Å². The van der Waals surface area contributed by atoms with Crippen molar-refractivity contribution in [2.24, 2.45) is 0 Å². The minimum absolute atomic E-state index is 0.292. The van der Waals surface area contributed by atoms with Crippen molar-refractivity contribution in [1.82, 2.24) is 0 Å². The molecule has 0 saturated carbocycles. The summed E-state index contributed by atoms with van der Waals surface area (Å²) in [6.07, 6.45) is 4.54. The zero-order chi connectivity index (χ0) is 22.8. The molecule has 0 spiro atoms. The highest BCUT2D eigenvalue weighted by Crippen LogP contribution is 2.27. The summed E-state index contributed by atoms with van der Waals surface area (Å²) in [7, 11) is 0. The van der Waals surface area contributed by atoms with Crippen LogP contribution in [0.15, 0.2) is 77.3 Å². The number of benzene rings is 3. The number of halogens is 1. The van der Waals surface area contributed by atoms with Gasteiger partial charge in [0.25, 0.3) is 11.8 Å². The molecule has 2 amide bonds. The third-order valence-electron chi connectivity index (χ3n) is 4.90. The van der Waals surface area contributed by atoms with Crippen LogP contribution in [-0.4, -0.2) is 18.4 Å². The molecule has 0 aliphatic rings. The van der Waals surface area contributed by atoms with E-state index < -0.39 is 0 Å². The van der Waals surface area contributed by atoms with E-state index in [1.807, 2.05) is 30.3 Å². The van der Waals surface area contributed by atoms with Crippen molar-refractivity contribution in [2.75, 3.05) is 17.2 Å². The fourth-order valence-electron chi connectivity index (χ4n) is 3.17. The number of unbranched alkanes of at least 4 members (excludes halogenated alkanes) is 3. The number of nitrogens with one attached hydrogen (secondary N) is 2. The van der Waals surface area contributed by atoms with Crippen molar-refractivity contribution in [3.8, 4) is 5.75 Å². The van der Waals surface area contributed by atoms with Crippen LogP contribution in [0.3, 0.4) is 0 Å². The van der Waals surface area contributed by atoms with Crippen molar-refractivity contribution >= 4 is 39.1 Å². The van der Waals surface area contributed by atoms with E-state index in [2.05, 4.69) is 33.5 Å². The first-order chi connectivity index (χ1) is 15.6. The molecule has 32 heavy (non-hydrogen) atoms. The van der Waals surface area contributed by atoms with Gasteiger partial charge in [0, 0.05) is 11.3 Å². The zero-order valence-electron chi connectivity index (χ0n) is 18.1. The number of carbonyl (C=O) groups is 2. The number of hydrogen-bond donors (Lipinski definition) is 2. The maximum absolute atomic E-state index is 12.8. The Kier molecular flexibility index (Phi) is 8.87. The van der Waals surface area contributed by atoms with Gasteiger partial charge in [0.1, 0.15) is 5.75 Å². The highest BCUT2D eigenvalue weighted by atomic mass is 79.9. The van der Waals surface area contributed by atoms with Crippen LogP contribution in [0.25, 0.3) is 0 Å². The SMILES string of the molecule is CCCCCCOc1ccc(C(=O)Nc2ccccc2C(=O)Nc2ccccc2)cc1Br. The van der Waals surface area contributed by atoms with Crippen molar-refractivity contribution in [3.05, 3.63) is 88.4 Å². The lowest BCUT2D eigenvalue weighted by Gasteiger charge is -2.13. The van der Waals surface area contributed by atoms with E-state index in [9.17, 15) is 9.59 Å². The molecule has 0 radical (unpaired) electrons. The van der Waals surface area contributed by atoms with Gasteiger partial charge in [-0.3, -0.25) is 9.59 Å². The van der Waals surface area contributed by atoms with Crippen LogP contribution in [0.4, 0.5) is 11.4 Å². The molecule has 0 aliphatic carbocycles. The Bertz CT molecular complexity index is 1050. The number of rotatable bonds is 10. The van der Waals surface area contributed by atoms with Gasteiger partial charge in [-0.05, 0) is 64.8 Å². The van der Waals surface area contributed by atoms with Crippen molar-refractivity contribution in [1.29, 1.82) is 0 Å². The molecule has 0 aliphatic heterocycles. The number of para-hydroxylation sites is 2. The van der Waals surface area contributed by atoms with E-state index in [1.165, 1.54) is 12.8 Å². The van der Waals surface area contributed by atoms with E-state index in [-0.39, 0.29) is 11.8 Å². The smallest absolute Gasteiger partial charge is 0.257 e. The molecule has 0 atom stereocenters. The predicted octanol–water partition coefficient (Wildman–Crippen LogP) is 6.91. The average molecular weight is 495 g/mol. The maximum atomic E-state index is 12.8. The molecule has 3 aromatic rings. The van der Waals surface area contributed by atoms with Crippen LogP contribution >= 0.6 is 15.9 Å². The number of ether oxygens (including phenoxy) is 1. The number of carbonyl (C=O) groups excluding carboxylic acids is 2. The number of hydrogen-bond acceptors (Lipinski definition) is 3. The Labute approximate surface area is 197 Å². The largest absolute Gasteiger partial charge is 0.492 e. The summed E-state index contributed by atoms with van der Waals surface area (Å²) < 4.78 is 6.53. The monoisotopic (exact) mass is 494 g/mol. The van der Waals surface area contributed by atoms with E-state index in [1.54, 1.807) is 42.5 Å². The van der Waals surface area contributed by atoms with Crippen molar-refractivity contribution < 1.29 is 14.3 Å². The molecule has 0 unspecified atom stereocenters. The molecular formula is C26H27BrN2O3. The third-order valence-corrected chi connectivity index (χ3v) is 5.52. The lowest BCUT2D eigenvalue weighted by atomic mass is 10.1. The Balaban J connectivity index is 1.66. The molecule has 5 nitrogen and oxygen atoms in total. The zero-order valence-corrected chi connectivity index (χ0v) is 19.7. The van der Waals surface area contributed by atoms with Crippen LogP contribution in [0.2, 0.25) is 0 Å².